The summed E-state index contributed by atoms with van der Waals surface area (Å²) < 4.78 is 5.66. The van der Waals surface area contributed by atoms with Gasteiger partial charge in [0, 0.05) is 11.8 Å². The van der Waals surface area contributed by atoms with Crippen LogP contribution in [0.15, 0.2) is 12.5 Å². The van der Waals surface area contributed by atoms with Gasteiger partial charge >= 0.3 is 0 Å². The van der Waals surface area contributed by atoms with Gasteiger partial charge in [0.25, 0.3) is 5.95 Å². The Balaban J connectivity index is 2.37. The maximum atomic E-state index is 11.0. The second-order valence-corrected chi connectivity index (χ2v) is 8.08. The summed E-state index contributed by atoms with van der Waals surface area (Å²) in [5.74, 6) is -0.587. The normalized spacial score (nSPS) is 44.0. The lowest BCUT2D eigenvalue weighted by Gasteiger charge is -2.58. The van der Waals surface area contributed by atoms with Crippen LogP contribution < -0.4 is 0 Å². The average Bonchev–Trinajstić information content (AvgIpc) is 2.24. The van der Waals surface area contributed by atoms with Crippen molar-refractivity contribution in [3.05, 3.63) is 12.5 Å². The molecule has 0 amide bonds. The molecule has 0 spiro atoms. The van der Waals surface area contributed by atoms with Crippen molar-refractivity contribution >= 4 is 0 Å². The van der Waals surface area contributed by atoms with Gasteiger partial charge in [-0.15, -0.1) is 0 Å². The van der Waals surface area contributed by atoms with Crippen molar-refractivity contribution < 1.29 is 20.1 Å². The molecular formula is C17H30O4. The Hall–Kier alpha value is -0.740. The molecule has 4 nitrogen and oxygen atoms in total. The highest BCUT2D eigenvalue weighted by atomic mass is 16.6. The Morgan fingerprint density at radius 3 is 2.38 bits per heavy atom. The van der Waals surface area contributed by atoms with E-state index in [1.54, 1.807) is 13.8 Å². The van der Waals surface area contributed by atoms with Crippen LogP contribution in [-0.4, -0.2) is 32.6 Å². The van der Waals surface area contributed by atoms with Crippen LogP contribution in [0, 0.1) is 17.3 Å². The van der Waals surface area contributed by atoms with Crippen LogP contribution in [-0.2, 0) is 4.74 Å². The molecule has 2 rings (SSSR count). The molecular weight excluding hydrogens is 268 g/mol. The van der Waals surface area contributed by atoms with Gasteiger partial charge in [-0.1, -0.05) is 6.92 Å². The van der Waals surface area contributed by atoms with E-state index < -0.39 is 17.3 Å². The highest BCUT2D eigenvalue weighted by molar-refractivity contribution is 5.09. The van der Waals surface area contributed by atoms with E-state index in [1.807, 2.05) is 6.92 Å². The van der Waals surface area contributed by atoms with Gasteiger partial charge in [-0.3, -0.25) is 0 Å². The minimum Gasteiger partial charge on any atom is -0.481 e. The van der Waals surface area contributed by atoms with E-state index in [4.69, 9.17) is 4.74 Å². The average molecular weight is 298 g/mol. The zero-order valence-electron chi connectivity index (χ0n) is 13.7. The minimum absolute atomic E-state index is 0.0242. The largest absolute Gasteiger partial charge is 0.481 e. The van der Waals surface area contributed by atoms with E-state index in [0.29, 0.717) is 0 Å². The van der Waals surface area contributed by atoms with Crippen LogP contribution in [0.3, 0.4) is 0 Å². The molecule has 0 aliphatic heterocycles. The predicted molar refractivity (Wildman–Crippen MR) is 81.7 cm³/mol. The lowest BCUT2D eigenvalue weighted by Crippen LogP contribution is -2.61. The summed E-state index contributed by atoms with van der Waals surface area (Å²) in [5, 5.41) is 30.8. The minimum atomic E-state index is -0.921. The maximum absolute atomic E-state index is 11.0. The van der Waals surface area contributed by atoms with Crippen LogP contribution in [0.2, 0.25) is 0 Å². The first-order chi connectivity index (χ1) is 9.50. The Bertz CT molecular complexity index is 414. The lowest BCUT2D eigenvalue weighted by molar-refractivity contribution is -0.217. The molecule has 2 fully saturated rings. The van der Waals surface area contributed by atoms with Crippen LogP contribution in [0.4, 0.5) is 0 Å². The van der Waals surface area contributed by atoms with Crippen molar-refractivity contribution in [2.24, 2.45) is 17.3 Å². The molecule has 5 atom stereocenters. The van der Waals surface area contributed by atoms with Gasteiger partial charge in [-0.25, -0.2) is 0 Å². The zero-order chi connectivity index (χ0) is 16.1. The van der Waals surface area contributed by atoms with Gasteiger partial charge in [0.2, 0.25) is 0 Å². The van der Waals surface area contributed by atoms with Crippen molar-refractivity contribution in [1.29, 1.82) is 0 Å². The summed E-state index contributed by atoms with van der Waals surface area (Å²) >= 11 is 0. The van der Waals surface area contributed by atoms with Crippen molar-refractivity contribution in [2.75, 3.05) is 0 Å². The number of aliphatic hydroxyl groups is 3. The Labute approximate surface area is 127 Å². The molecule has 122 valence electrons. The highest BCUT2D eigenvalue weighted by Crippen LogP contribution is 2.58. The van der Waals surface area contributed by atoms with Crippen molar-refractivity contribution in [3.8, 4) is 0 Å². The van der Waals surface area contributed by atoms with Gasteiger partial charge in [0.05, 0.1) is 11.7 Å². The maximum Gasteiger partial charge on any atom is 0.269 e. The Morgan fingerprint density at radius 1 is 1.24 bits per heavy atom. The summed E-state index contributed by atoms with van der Waals surface area (Å²) in [5.41, 5.74) is -1.58. The van der Waals surface area contributed by atoms with Crippen LogP contribution in [0.1, 0.15) is 59.8 Å². The highest BCUT2D eigenvalue weighted by Gasteiger charge is 2.59. The van der Waals surface area contributed by atoms with Crippen molar-refractivity contribution in [3.63, 3.8) is 0 Å². The van der Waals surface area contributed by atoms with E-state index in [-0.39, 0.29) is 23.2 Å². The molecule has 21 heavy (non-hydrogen) atoms. The fourth-order valence-electron chi connectivity index (χ4n) is 4.99. The molecule has 3 N–H and O–H groups in total. The molecule has 0 unspecified atom stereocenters. The molecule has 0 heterocycles. The van der Waals surface area contributed by atoms with Gasteiger partial charge in [-0.05, 0) is 64.9 Å². The molecule has 2 aliphatic carbocycles. The second kappa shape index (κ2) is 5.17. The van der Waals surface area contributed by atoms with Crippen molar-refractivity contribution in [1.82, 2.24) is 0 Å². The monoisotopic (exact) mass is 298 g/mol. The quantitative estimate of drug-likeness (QED) is 0.700. The number of hydrogen-bond donors (Lipinski definition) is 3. The summed E-state index contributed by atoms with van der Waals surface area (Å²) in [6.07, 6.45) is 3.96. The van der Waals surface area contributed by atoms with E-state index in [2.05, 4.69) is 13.5 Å². The van der Waals surface area contributed by atoms with Gasteiger partial charge in [0.1, 0.15) is 5.60 Å². The van der Waals surface area contributed by atoms with E-state index in [9.17, 15) is 15.3 Å². The summed E-state index contributed by atoms with van der Waals surface area (Å²) in [4.78, 5) is 0. The Kier molecular flexibility index (Phi) is 4.09. The first-order valence-electron chi connectivity index (χ1n) is 7.97. The molecule has 0 saturated heterocycles. The van der Waals surface area contributed by atoms with Gasteiger partial charge < -0.3 is 20.1 Å². The first-order valence-corrected chi connectivity index (χ1v) is 7.97. The summed E-state index contributed by atoms with van der Waals surface area (Å²) in [7, 11) is 0. The van der Waals surface area contributed by atoms with Crippen molar-refractivity contribution in [2.45, 2.75) is 77.1 Å². The second-order valence-electron chi connectivity index (χ2n) is 8.08. The third kappa shape index (κ3) is 2.93. The number of fused-ring (bicyclic) bond motifs is 1. The SMILES string of the molecule is C=C(O)O[C@]1(C)CCC[C@]2(C)CC[C@@H](C(C)(C)O)[C@H](O)[C@H]21. The van der Waals surface area contributed by atoms with Gasteiger partial charge in [-0.2, -0.15) is 0 Å². The van der Waals surface area contributed by atoms with Crippen LogP contribution >= 0.6 is 0 Å². The third-order valence-corrected chi connectivity index (χ3v) is 5.87. The summed E-state index contributed by atoms with van der Waals surface area (Å²) in [6, 6.07) is 0. The predicted octanol–water partition coefficient (Wildman–Crippen LogP) is 3.14. The molecule has 2 saturated carbocycles. The molecule has 0 aromatic heterocycles. The fourth-order valence-corrected chi connectivity index (χ4v) is 4.99. The topological polar surface area (TPSA) is 69.9 Å². The third-order valence-electron chi connectivity index (χ3n) is 5.87. The van der Waals surface area contributed by atoms with E-state index >= 15 is 0 Å². The van der Waals surface area contributed by atoms with E-state index in [0.717, 1.165) is 32.1 Å². The number of hydrogen-bond acceptors (Lipinski definition) is 4. The molecule has 0 radical (unpaired) electrons. The standard InChI is InChI=1S/C17H30O4/c1-11(18)21-17(5)9-6-8-16(4)10-7-12(15(2,3)20)13(19)14(16)17/h12-14,18-20H,1,6-10H2,2-5H3/t12-,13+,14-,16-,17-/m1/s1. The molecule has 4 heteroatoms. The number of ether oxygens (including phenoxy) is 1. The molecule has 0 bridgehead atoms. The van der Waals surface area contributed by atoms with Gasteiger partial charge in [0.15, 0.2) is 0 Å². The first kappa shape index (κ1) is 16.6. The molecule has 2 aliphatic rings. The summed E-state index contributed by atoms with van der Waals surface area (Å²) in [6.45, 7) is 11.1. The smallest absolute Gasteiger partial charge is 0.269 e. The Morgan fingerprint density at radius 2 is 1.86 bits per heavy atom. The molecule has 0 aromatic rings. The van der Waals surface area contributed by atoms with Crippen LogP contribution in [0.25, 0.3) is 0 Å². The molecule has 0 aromatic carbocycles. The zero-order valence-corrected chi connectivity index (χ0v) is 13.7. The number of rotatable bonds is 3. The van der Waals surface area contributed by atoms with Crippen LogP contribution in [0.5, 0.6) is 0 Å². The number of aliphatic hydroxyl groups excluding tert-OH is 2. The fraction of sp³-hybridized carbons (Fsp3) is 0.882. The lowest BCUT2D eigenvalue weighted by atomic mass is 9.51. The van der Waals surface area contributed by atoms with E-state index in [1.165, 1.54) is 0 Å².